The summed E-state index contributed by atoms with van der Waals surface area (Å²) in [5.74, 6) is 1.03. The molecule has 0 aromatic rings. The van der Waals surface area contributed by atoms with Gasteiger partial charge in [-0.3, -0.25) is 9.59 Å². The van der Waals surface area contributed by atoms with Gasteiger partial charge < -0.3 is 9.80 Å². The average molecular weight is 316 g/mol. The van der Waals surface area contributed by atoms with E-state index in [1.165, 1.54) is 19.3 Å². The summed E-state index contributed by atoms with van der Waals surface area (Å²) < 4.78 is 0. The summed E-state index contributed by atoms with van der Waals surface area (Å²) in [6.45, 7) is 7.06. The van der Waals surface area contributed by atoms with Gasteiger partial charge in [0.2, 0.25) is 11.8 Å². The Hall–Kier alpha value is -1.32. The van der Waals surface area contributed by atoms with E-state index >= 15 is 0 Å². The van der Waals surface area contributed by atoms with Crippen molar-refractivity contribution in [2.75, 3.05) is 26.2 Å². The summed E-state index contributed by atoms with van der Waals surface area (Å²) >= 11 is 0. The van der Waals surface area contributed by atoms with Gasteiger partial charge in [-0.15, -0.1) is 6.58 Å². The Labute approximate surface area is 138 Å². The average Bonchev–Trinajstić information content (AvgIpc) is 3.28. The third-order valence-electron chi connectivity index (χ3n) is 7.07. The van der Waals surface area contributed by atoms with Crippen LogP contribution in [0.2, 0.25) is 0 Å². The summed E-state index contributed by atoms with van der Waals surface area (Å²) in [6.07, 6.45) is 10.6. The van der Waals surface area contributed by atoms with Crippen LogP contribution in [0.1, 0.15) is 51.4 Å². The molecule has 0 unspecified atom stereocenters. The molecule has 4 fully saturated rings. The van der Waals surface area contributed by atoms with Crippen molar-refractivity contribution in [3.63, 3.8) is 0 Å². The van der Waals surface area contributed by atoms with Crippen molar-refractivity contribution < 1.29 is 9.59 Å². The Balaban J connectivity index is 1.34. The number of piperidine rings is 2. The zero-order valence-corrected chi connectivity index (χ0v) is 14.1. The number of hydrogen-bond acceptors (Lipinski definition) is 2. The molecule has 4 nitrogen and oxygen atoms in total. The third-order valence-corrected chi connectivity index (χ3v) is 7.07. The van der Waals surface area contributed by atoms with Crippen LogP contribution in [0.25, 0.3) is 0 Å². The highest BCUT2D eigenvalue weighted by Gasteiger charge is 2.61. The molecule has 0 bridgehead atoms. The molecule has 1 atom stereocenters. The molecule has 2 aliphatic heterocycles. The molecule has 2 saturated heterocycles. The van der Waals surface area contributed by atoms with Crippen LogP contribution >= 0.6 is 0 Å². The fourth-order valence-corrected chi connectivity index (χ4v) is 5.13. The second kappa shape index (κ2) is 5.35. The predicted molar refractivity (Wildman–Crippen MR) is 88.6 cm³/mol. The maximum Gasteiger partial charge on any atom is 0.226 e. The molecule has 2 heterocycles. The molecule has 23 heavy (non-hydrogen) atoms. The fraction of sp³-hybridized carbons (Fsp3) is 0.789. The van der Waals surface area contributed by atoms with Crippen molar-refractivity contribution in [1.82, 2.24) is 9.80 Å². The SMILES string of the molecule is C=CCN1CC2(CCC1=O)CCN(C(=O)[C@@H]1CC13CCC3)CC2. The van der Waals surface area contributed by atoms with Gasteiger partial charge >= 0.3 is 0 Å². The predicted octanol–water partition coefficient (Wildman–Crippen LogP) is 2.59. The van der Waals surface area contributed by atoms with E-state index in [0.29, 0.717) is 30.2 Å². The van der Waals surface area contributed by atoms with Crippen LogP contribution in [-0.2, 0) is 9.59 Å². The summed E-state index contributed by atoms with van der Waals surface area (Å²) in [5.41, 5.74) is 0.676. The molecule has 4 rings (SSSR count). The van der Waals surface area contributed by atoms with E-state index in [2.05, 4.69) is 11.5 Å². The van der Waals surface area contributed by atoms with Crippen molar-refractivity contribution >= 4 is 11.8 Å². The molecule has 2 aliphatic carbocycles. The minimum Gasteiger partial charge on any atom is -0.342 e. The van der Waals surface area contributed by atoms with Crippen LogP contribution in [0.15, 0.2) is 12.7 Å². The number of nitrogens with zero attached hydrogens (tertiary/aromatic N) is 2. The van der Waals surface area contributed by atoms with Crippen LogP contribution < -0.4 is 0 Å². The van der Waals surface area contributed by atoms with Crippen LogP contribution in [0.5, 0.6) is 0 Å². The van der Waals surface area contributed by atoms with E-state index < -0.39 is 0 Å². The highest BCUT2D eigenvalue weighted by molar-refractivity contribution is 5.83. The zero-order chi connectivity index (χ0) is 16.1. The quantitative estimate of drug-likeness (QED) is 0.751. The number of amides is 2. The summed E-state index contributed by atoms with van der Waals surface area (Å²) in [5, 5.41) is 0. The molecule has 0 aromatic heterocycles. The van der Waals surface area contributed by atoms with Crippen molar-refractivity contribution in [3.05, 3.63) is 12.7 Å². The fourth-order valence-electron chi connectivity index (χ4n) is 5.13. The van der Waals surface area contributed by atoms with Crippen molar-refractivity contribution in [2.24, 2.45) is 16.7 Å². The van der Waals surface area contributed by atoms with Gasteiger partial charge in [-0.1, -0.05) is 12.5 Å². The lowest BCUT2D eigenvalue weighted by Crippen LogP contribution is -2.52. The lowest BCUT2D eigenvalue weighted by atomic mass is 9.72. The molecule has 2 saturated carbocycles. The molecule has 2 spiro atoms. The van der Waals surface area contributed by atoms with Gasteiger partial charge in [-0.25, -0.2) is 0 Å². The second-order valence-electron chi connectivity index (χ2n) is 8.36. The van der Waals surface area contributed by atoms with Gasteiger partial charge in [0.1, 0.15) is 0 Å². The van der Waals surface area contributed by atoms with Crippen molar-refractivity contribution in [3.8, 4) is 0 Å². The van der Waals surface area contributed by atoms with E-state index in [1.54, 1.807) is 0 Å². The van der Waals surface area contributed by atoms with Crippen LogP contribution in [0.3, 0.4) is 0 Å². The lowest BCUT2D eigenvalue weighted by Gasteiger charge is -2.47. The third kappa shape index (κ3) is 2.50. The first kappa shape index (κ1) is 15.2. The molecule has 4 heteroatoms. The van der Waals surface area contributed by atoms with Gasteiger partial charge in [0.15, 0.2) is 0 Å². The van der Waals surface area contributed by atoms with Gasteiger partial charge in [0, 0.05) is 38.5 Å². The number of carbonyl (C=O) groups excluding carboxylic acids is 2. The maximum absolute atomic E-state index is 12.7. The Morgan fingerprint density at radius 3 is 2.52 bits per heavy atom. The first-order valence-electron chi connectivity index (χ1n) is 9.25. The molecule has 2 amide bonds. The lowest BCUT2D eigenvalue weighted by molar-refractivity contribution is -0.143. The minimum atomic E-state index is 0.241. The molecular formula is C19H28N2O2. The van der Waals surface area contributed by atoms with E-state index in [-0.39, 0.29) is 11.3 Å². The Bertz CT molecular complexity index is 529. The molecule has 0 radical (unpaired) electrons. The van der Waals surface area contributed by atoms with E-state index in [1.807, 2.05) is 11.0 Å². The van der Waals surface area contributed by atoms with E-state index in [4.69, 9.17) is 0 Å². The molecular weight excluding hydrogens is 288 g/mol. The number of likely N-dealkylation sites (tertiary alicyclic amines) is 2. The Kier molecular flexibility index (Phi) is 3.54. The van der Waals surface area contributed by atoms with Crippen molar-refractivity contribution in [2.45, 2.75) is 51.4 Å². The summed E-state index contributed by atoms with van der Waals surface area (Å²) in [7, 11) is 0. The number of carbonyl (C=O) groups is 2. The largest absolute Gasteiger partial charge is 0.342 e. The maximum atomic E-state index is 12.7. The van der Waals surface area contributed by atoms with E-state index in [9.17, 15) is 9.59 Å². The topological polar surface area (TPSA) is 40.6 Å². The van der Waals surface area contributed by atoms with Gasteiger partial charge in [-0.05, 0) is 49.4 Å². The van der Waals surface area contributed by atoms with Crippen LogP contribution in [-0.4, -0.2) is 47.8 Å². The Morgan fingerprint density at radius 1 is 1.22 bits per heavy atom. The first-order valence-corrected chi connectivity index (χ1v) is 9.25. The highest BCUT2D eigenvalue weighted by Crippen LogP contribution is 2.66. The van der Waals surface area contributed by atoms with Crippen LogP contribution in [0, 0.1) is 16.7 Å². The standard InChI is InChI=1S/C19H28N2O2/c1-2-10-21-14-18(7-4-16(21)22)8-11-20(12-9-18)17(23)15-13-19(15)5-3-6-19/h2,15H,1,3-14H2/t15-/m0/s1. The monoisotopic (exact) mass is 316 g/mol. The summed E-state index contributed by atoms with van der Waals surface area (Å²) in [4.78, 5) is 28.8. The van der Waals surface area contributed by atoms with Crippen LogP contribution in [0.4, 0.5) is 0 Å². The zero-order valence-electron chi connectivity index (χ0n) is 14.1. The number of rotatable bonds is 3. The molecule has 4 aliphatic rings. The van der Waals surface area contributed by atoms with Crippen molar-refractivity contribution in [1.29, 1.82) is 0 Å². The smallest absolute Gasteiger partial charge is 0.226 e. The minimum absolute atomic E-state index is 0.241. The van der Waals surface area contributed by atoms with Gasteiger partial charge in [0.25, 0.3) is 0 Å². The Morgan fingerprint density at radius 2 is 1.96 bits per heavy atom. The van der Waals surface area contributed by atoms with E-state index in [0.717, 1.165) is 45.3 Å². The van der Waals surface area contributed by atoms with Gasteiger partial charge in [-0.2, -0.15) is 0 Å². The second-order valence-corrected chi connectivity index (χ2v) is 8.36. The first-order chi connectivity index (χ1) is 11.1. The number of hydrogen-bond donors (Lipinski definition) is 0. The summed E-state index contributed by atoms with van der Waals surface area (Å²) in [6, 6.07) is 0. The van der Waals surface area contributed by atoms with Gasteiger partial charge in [0.05, 0.1) is 0 Å². The molecule has 0 aromatic carbocycles. The molecule has 0 N–H and O–H groups in total. The highest BCUT2D eigenvalue weighted by atomic mass is 16.2. The molecule has 126 valence electrons. The normalized spacial score (nSPS) is 31.1.